The highest BCUT2D eigenvalue weighted by atomic mass is 16.5. The lowest BCUT2D eigenvalue weighted by atomic mass is 9.91. The normalized spacial score (nSPS) is 16.7. The molecule has 1 aromatic carbocycles. The maximum Gasteiger partial charge on any atom is 0.272 e. The summed E-state index contributed by atoms with van der Waals surface area (Å²) in [5, 5.41) is 4.59. The predicted octanol–water partition coefficient (Wildman–Crippen LogP) is 5.12. The molecular weight excluding hydrogens is 412 g/mol. The van der Waals surface area contributed by atoms with E-state index in [4.69, 9.17) is 9.72 Å². The lowest BCUT2D eigenvalue weighted by molar-refractivity contribution is 0.0694. The first kappa shape index (κ1) is 23.0. The minimum Gasteiger partial charge on any atom is -0.497 e. The molecule has 1 saturated heterocycles. The summed E-state index contributed by atoms with van der Waals surface area (Å²) < 4.78 is 7.12. The van der Waals surface area contributed by atoms with Crippen LogP contribution in [0, 0.1) is 6.92 Å². The predicted molar refractivity (Wildman–Crippen MR) is 131 cm³/mol. The van der Waals surface area contributed by atoms with Crippen LogP contribution in [-0.2, 0) is 12.5 Å². The molecule has 0 unspecified atom stereocenters. The van der Waals surface area contributed by atoms with Gasteiger partial charge in [-0.05, 0) is 61.2 Å². The number of aryl methyl sites for hydroxylation is 2. The summed E-state index contributed by atoms with van der Waals surface area (Å²) in [6, 6.07) is 14.3. The van der Waals surface area contributed by atoms with Crippen molar-refractivity contribution in [3.8, 4) is 16.9 Å². The monoisotopic (exact) mass is 446 g/mol. The molecule has 0 aliphatic carbocycles. The molecule has 6 nitrogen and oxygen atoms in total. The maximum absolute atomic E-state index is 13.4. The minimum absolute atomic E-state index is 0.0471. The molecule has 1 amide bonds. The van der Waals surface area contributed by atoms with Gasteiger partial charge in [0, 0.05) is 42.9 Å². The number of amides is 1. The van der Waals surface area contributed by atoms with Crippen LogP contribution >= 0.6 is 0 Å². The highest BCUT2D eigenvalue weighted by Crippen LogP contribution is 2.31. The topological polar surface area (TPSA) is 60.2 Å². The summed E-state index contributed by atoms with van der Waals surface area (Å²) in [6.07, 6.45) is 1.99. The SMILES string of the molecule is COc1cccc(-c2cc(C)nc([C@@H]3CCCN(C(=O)c4cc(C(C)(C)C)nn4C)C3)c2)c1. The van der Waals surface area contributed by atoms with Gasteiger partial charge < -0.3 is 9.64 Å². The Morgan fingerprint density at radius 1 is 1.12 bits per heavy atom. The number of likely N-dealkylation sites (tertiary alicyclic amines) is 1. The molecule has 0 saturated carbocycles. The van der Waals surface area contributed by atoms with Crippen molar-refractivity contribution in [3.05, 3.63) is 65.2 Å². The number of rotatable bonds is 4. The summed E-state index contributed by atoms with van der Waals surface area (Å²) in [4.78, 5) is 20.2. The van der Waals surface area contributed by atoms with Gasteiger partial charge in [-0.25, -0.2) is 0 Å². The van der Waals surface area contributed by atoms with Gasteiger partial charge in [-0.3, -0.25) is 14.5 Å². The zero-order chi connectivity index (χ0) is 23.8. The van der Waals surface area contributed by atoms with Gasteiger partial charge in [0.2, 0.25) is 0 Å². The van der Waals surface area contributed by atoms with Gasteiger partial charge >= 0.3 is 0 Å². The third kappa shape index (κ3) is 4.95. The van der Waals surface area contributed by atoms with E-state index >= 15 is 0 Å². The molecule has 0 N–H and O–H groups in total. The van der Waals surface area contributed by atoms with Crippen molar-refractivity contribution >= 4 is 5.91 Å². The fourth-order valence-corrected chi connectivity index (χ4v) is 4.47. The molecule has 3 aromatic rings. The molecule has 1 fully saturated rings. The van der Waals surface area contributed by atoms with E-state index in [0.717, 1.165) is 53.3 Å². The number of nitrogens with zero attached hydrogens (tertiary/aromatic N) is 4. The molecule has 174 valence electrons. The number of hydrogen-bond donors (Lipinski definition) is 0. The minimum atomic E-state index is -0.0945. The van der Waals surface area contributed by atoms with Crippen LogP contribution in [0.5, 0.6) is 5.75 Å². The van der Waals surface area contributed by atoms with Crippen LogP contribution in [0.15, 0.2) is 42.5 Å². The smallest absolute Gasteiger partial charge is 0.272 e. The van der Waals surface area contributed by atoms with Gasteiger partial charge in [-0.15, -0.1) is 0 Å². The lowest BCUT2D eigenvalue weighted by Crippen LogP contribution is -2.40. The summed E-state index contributed by atoms with van der Waals surface area (Å²) >= 11 is 0. The summed E-state index contributed by atoms with van der Waals surface area (Å²) in [5.41, 5.74) is 5.75. The zero-order valence-electron chi connectivity index (χ0n) is 20.6. The van der Waals surface area contributed by atoms with E-state index < -0.39 is 0 Å². The van der Waals surface area contributed by atoms with Gasteiger partial charge in [0.1, 0.15) is 11.4 Å². The maximum atomic E-state index is 13.4. The number of carbonyl (C=O) groups excluding carboxylic acids is 1. The number of hydrogen-bond acceptors (Lipinski definition) is 4. The fourth-order valence-electron chi connectivity index (χ4n) is 4.47. The van der Waals surface area contributed by atoms with E-state index in [2.05, 4.69) is 44.1 Å². The van der Waals surface area contributed by atoms with Crippen LogP contribution in [0.4, 0.5) is 0 Å². The third-order valence-electron chi connectivity index (χ3n) is 6.37. The van der Waals surface area contributed by atoms with Gasteiger partial charge in [-0.1, -0.05) is 32.9 Å². The number of ether oxygens (including phenoxy) is 1. The second kappa shape index (κ2) is 9.00. The van der Waals surface area contributed by atoms with Crippen molar-refractivity contribution in [1.29, 1.82) is 0 Å². The Morgan fingerprint density at radius 3 is 2.61 bits per heavy atom. The van der Waals surface area contributed by atoms with Crippen LogP contribution in [-0.4, -0.2) is 45.8 Å². The number of pyridine rings is 1. The molecule has 1 aliphatic heterocycles. The van der Waals surface area contributed by atoms with E-state index in [1.165, 1.54) is 0 Å². The Kier molecular flexibility index (Phi) is 6.28. The molecule has 33 heavy (non-hydrogen) atoms. The van der Waals surface area contributed by atoms with Crippen LogP contribution in [0.25, 0.3) is 11.1 Å². The average molecular weight is 447 g/mol. The number of benzene rings is 1. The molecule has 1 aliphatic rings. The Hall–Kier alpha value is -3.15. The van der Waals surface area contributed by atoms with Crippen LogP contribution < -0.4 is 4.74 Å². The molecule has 2 aromatic heterocycles. The highest BCUT2D eigenvalue weighted by Gasteiger charge is 2.29. The Balaban J connectivity index is 1.58. The quantitative estimate of drug-likeness (QED) is 0.558. The molecule has 0 spiro atoms. The van der Waals surface area contributed by atoms with E-state index in [1.807, 2.05) is 43.1 Å². The van der Waals surface area contributed by atoms with E-state index in [9.17, 15) is 4.79 Å². The average Bonchev–Trinajstić information content (AvgIpc) is 3.20. The second-order valence-electron chi connectivity index (χ2n) is 10.0. The van der Waals surface area contributed by atoms with Crippen molar-refractivity contribution in [3.63, 3.8) is 0 Å². The molecule has 0 bridgehead atoms. The van der Waals surface area contributed by atoms with Gasteiger partial charge in [0.05, 0.1) is 12.8 Å². The largest absolute Gasteiger partial charge is 0.497 e. The molecular formula is C27H34N4O2. The Morgan fingerprint density at radius 2 is 1.91 bits per heavy atom. The number of piperidine rings is 1. The first-order chi connectivity index (χ1) is 15.7. The zero-order valence-corrected chi connectivity index (χ0v) is 20.6. The van der Waals surface area contributed by atoms with Crippen molar-refractivity contribution in [2.24, 2.45) is 7.05 Å². The Bertz CT molecular complexity index is 1160. The van der Waals surface area contributed by atoms with Crippen molar-refractivity contribution in [1.82, 2.24) is 19.7 Å². The van der Waals surface area contributed by atoms with E-state index in [1.54, 1.807) is 11.8 Å². The number of aromatic nitrogens is 3. The molecule has 4 rings (SSSR count). The van der Waals surface area contributed by atoms with Gasteiger partial charge in [-0.2, -0.15) is 5.10 Å². The second-order valence-corrected chi connectivity index (χ2v) is 10.0. The first-order valence-corrected chi connectivity index (χ1v) is 11.6. The van der Waals surface area contributed by atoms with Crippen LogP contribution in [0.1, 0.15) is 67.1 Å². The number of methoxy groups -OCH3 is 1. The highest BCUT2D eigenvalue weighted by molar-refractivity contribution is 5.93. The van der Waals surface area contributed by atoms with Gasteiger partial charge in [0.25, 0.3) is 5.91 Å². The number of carbonyl (C=O) groups is 1. The first-order valence-electron chi connectivity index (χ1n) is 11.6. The molecule has 6 heteroatoms. The van der Waals surface area contributed by atoms with E-state index in [-0.39, 0.29) is 17.2 Å². The van der Waals surface area contributed by atoms with Crippen molar-refractivity contribution < 1.29 is 9.53 Å². The van der Waals surface area contributed by atoms with Crippen molar-refractivity contribution in [2.75, 3.05) is 20.2 Å². The van der Waals surface area contributed by atoms with Gasteiger partial charge in [0.15, 0.2) is 0 Å². The Labute approximate surface area is 196 Å². The molecule has 3 heterocycles. The van der Waals surface area contributed by atoms with Crippen LogP contribution in [0.2, 0.25) is 0 Å². The standard InChI is InChI=1S/C27H34N4O2/c1-18-13-21(19-9-7-11-22(14-19)33-6)15-23(28-18)20-10-8-12-31(17-20)26(32)24-16-25(27(2,3)4)29-30(24)5/h7,9,11,13-16,20H,8,10,12,17H2,1-6H3/t20-/m1/s1. The van der Waals surface area contributed by atoms with E-state index in [0.29, 0.717) is 12.2 Å². The fraction of sp³-hybridized carbons (Fsp3) is 0.444. The summed E-state index contributed by atoms with van der Waals surface area (Å²) in [7, 11) is 3.54. The third-order valence-corrected chi connectivity index (χ3v) is 6.37. The summed E-state index contributed by atoms with van der Waals surface area (Å²) in [5.74, 6) is 1.09. The molecule has 1 atom stereocenters. The van der Waals surface area contributed by atoms with Crippen molar-refractivity contribution in [2.45, 2.75) is 51.9 Å². The van der Waals surface area contributed by atoms with Crippen LogP contribution in [0.3, 0.4) is 0 Å². The lowest BCUT2D eigenvalue weighted by Gasteiger charge is -2.32. The summed E-state index contributed by atoms with van der Waals surface area (Å²) in [6.45, 7) is 9.81. The molecule has 0 radical (unpaired) electrons.